The molecule has 3 nitrogen and oxygen atoms in total. The average Bonchev–Trinajstić information content (AvgIpc) is 3.08. The van der Waals surface area contributed by atoms with Crippen LogP contribution in [0.2, 0.25) is 0 Å². The first-order valence-electron chi connectivity index (χ1n) is 9.74. The van der Waals surface area contributed by atoms with E-state index in [2.05, 4.69) is 39.0 Å². The molecule has 1 saturated carbocycles. The lowest BCUT2D eigenvalue weighted by molar-refractivity contribution is -0.126. The zero-order valence-electron chi connectivity index (χ0n) is 16.3. The third-order valence-electron chi connectivity index (χ3n) is 5.61. The number of allylic oxidation sites excluding steroid dienone is 4. The Bertz CT molecular complexity index is 725. The molecule has 1 aromatic carbocycles. The maximum absolute atomic E-state index is 13.0. The Morgan fingerprint density at radius 1 is 1.12 bits per heavy atom. The molecule has 0 unspecified atom stereocenters. The van der Waals surface area contributed by atoms with E-state index in [4.69, 9.17) is 9.47 Å². The molecule has 1 atom stereocenters. The first kappa shape index (κ1) is 18.8. The molecule has 1 aromatic rings. The van der Waals surface area contributed by atoms with Crippen LogP contribution in [0, 0.1) is 0 Å². The van der Waals surface area contributed by atoms with Gasteiger partial charge < -0.3 is 9.47 Å². The number of carbonyl (C=O) groups is 1. The molecule has 3 rings (SSSR count). The highest BCUT2D eigenvalue weighted by atomic mass is 16.7. The first-order chi connectivity index (χ1) is 12.5. The second-order valence-electron chi connectivity index (χ2n) is 7.86. The summed E-state index contributed by atoms with van der Waals surface area (Å²) < 4.78 is 11.0. The Balaban J connectivity index is 1.83. The van der Waals surface area contributed by atoms with Gasteiger partial charge in [0.1, 0.15) is 5.78 Å². The predicted molar refractivity (Wildman–Crippen MR) is 105 cm³/mol. The minimum Gasteiger partial charge on any atom is -0.454 e. The van der Waals surface area contributed by atoms with Gasteiger partial charge in [-0.3, -0.25) is 4.79 Å². The topological polar surface area (TPSA) is 35.5 Å². The molecule has 1 aliphatic heterocycles. The molecule has 0 spiro atoms. The normalized spacial score (nSPS) is 22.4. The molecule has 0 aromatic heterocycles. The number of carbonyl (C=O) groups excluding carboxylic acids is 1. The molecule has 1 heterocycles. The molecular formula is C23H30O3. The third-order valence-corrected chi connectivity index (χ3v) is 5.61. The van der Waals surface area contributed by atoms with E-state index in [1.807, 2.05) is 12.1 Å². The van der Waals surface area contributed by atoms with Crippen LogP contribution in [-0.2, 0) is 10.2 Å². The van der Waals surface area contributed by atoms with Crippen molar-refractivity contribution in [2.24, 2.45) is 0 Å². The van der Waals surface area contributed by atoms with Gasteiger partial charge in [-0.15, -0.1) is 0 Å². The van der Waals surface area contributed by atoms with Gasteiger partial charge in [0.05, 0.1) is 5.41 Å². The van der Waals surface area contributed by atoms with Crippen molar-refractivity contribution in [3.8, 4) is 11.5 Å². The third kappa shape index (κ3) is 4.03. The van der Waals surface area contributed by atoms with E-state index in [-0.39, 0.29) is 6.79 Å². The van der Waals surface area contributed by atoms with E-state index in [1.54, 1.807) is 0 Å². The van der Waals surface area contributed by atoms with Crippen molar-refractivity contribution in [1.29, 1.82) is 0 Å². The summed E-state index contributed by atoms with van der Waals surface area (Å²) in [5.41, 5.74) is 3.40. The van der Waals surface area contributed by atoms with Crippen LogP contribution in [0.1, 0.15) is 71.3 Å². The Morgan fingerprint density at radius 3 is 2.69 bits per heavy atom. The lowest BCUT2D eigenvalue weighted by atomic mass is 9.66. The summed E-state index contributed by atoms with van der Waals surface area (Å²) in [6, 6.07) is 6.04. The van der Waals surface area contributed by atoms with Crippen molar-refractivity contribution in [1.82, 2.24) is 0 Å². The molecule has 0 amide bonds. The Labute approximate surface area is 157 Å². The summed E-state index contributed by atoms with van der Waals surface area (Å²) in [7, 11) is 0. The summed E-state index contributed by atoms with van der Waals surface area (Å²) in [5.74, 6) is 1.92. The van der Waals surface area contributed by atoms with Gasteiger partial charge in [0.25, 0.3) is 0 Å². The van der Waals surface area contributed by atoms with E-state index in [9.17, 15) is 4.79 Å². The van der Waals surface area contributed by atoms with Crippen molar-refractivity contribution >= 4 is 5.78 Å². The molecule has 140 valence electrons. The first-order valence-corrected chi connectivity index (χ1v) is 9.74. The number of benzene rings is 1. The van der Waals surface area contributed by atoms with Crippen LogP contribution >= 0.6 is 0 Å². The zero-order valence-corrected chi connectivity index (χ0v) is 16.3. The van der Waals surface area contributed by atoms with Gasteiger partial charge >= 0.3 is 0 Å². The largest absolute Gasteiger partial charge is 0.454 e. The van der Waals surface area contributed by atoms with Crippen LogP contribution in [0.5, 0.6) is 11.5 Å². The number of ether oxygens (including phenoxy) is 2. The van der Waals surface area contributed by atoms with Crippen molar-refractivity contribution in [2.45, 2.75) is 71.1 Å². The van der Waals surface area contributed by atoms with Gasteiger partial charge in [-0.05, 0) is 70.6 Å². The van der Waals surface area contributed by atoms with Crippen LogP contribution in [0.4, 0.5) is 0 Å². The second kappa shape index (κ2) is 8.11. The van der Waals surface area contributed by atoms with E-state index in [0.29, 0.717) is 12.2 Å². The molecule has 1 aliphatic carbocycles. The van der Waals surface area contributed by atoms with Crippen molar-refractivity contribution in [3.63, 3.8) is 0 Å². The van der Waals surface area contributed by atoms with E-state index in [0.717, 1.165) is 55.6 Å². The highest BCUT2D eigenvalue weighted by Crippen LogP contribution is 2.44. The van der Waals surface area contributed by atoms with Crippen LogP contribution in [0.15, 0.2) is 41.5 Å². The van der Waals surface area contributed by atoms with Crippen LogP contribution in [0.3, 0.4) is 0 Å². The lowest BCUT2D eigenvalue weighted by Gasteiger charge is -2.36. The van der Waals surface area contributed by atoms with E-state index < -0.39 is 5.41 Å². The van der Waals surface area contributed by atoms with Gasteiger partial charge in [-0.25, -0.2) is 0 Å². The number of Topliss-reactive ketones (excluding diaryl/α,β-unsaturated/α-hetero) is 1. The summed E-state index contributed by atoms with van der Waals surface area (Å²) >= 11 is 0. The smallest absolute Gasteiger partial charge is 0.231 e. The number of hydrogen-bond donors (Lipinski definition) is 0. The van der Waals surface area contributed by atoms with Gasteiger partial charge in [0.15, 0.2) is 11.5 Å². The number of ketones is 1. The van der Waals surface area contributed by atoms with Crippen LogP contribution in [-0.4, -0.2) is 12.6 Å². The van der Waals surface area contributed by atoms with E-state index >= 15 is 0 Å². The van der Waals surface area contributed by atoms with Crippen LogP contribution < -0.4 is 9.47 Å². The van der Waals surface area contributed by atoms with Crippen molar-refractivity contribution in [3.05, 3.63) is 47.1 Å². The molecule has 26 heavy (non-hydrogen) atoms. The number of rotatable bonds is 6. The van der Waals surface area contributed by atoms with Crippen molar-refractivity contribution < 1.29 is 14.3 Å². The van der Waals surface area contributed by atoms with Crippen LogP contribution in [0.25, 0.3) is 0 Å². The van der Waals surface area contributed by atoms with Gasteiger partial charge in [-0.2, -0.15) is 0 Å². The fourth-order valence-corrected chi connectivity index (χ4v) is 3.96. The van der Waals surface area contributed by atoms with Gasteiger partial charge in [0.2, 0.25) is 6.79 Å². The molecular weight excluding hydrogens is 324 g/mol. The standard InChI is InChI=1S/C23H30O3/c1-17(2)7-6-8-18(3)12-14-23(13-5-4-9-22(23)24)19-10-11-20-21(15-19)26-16-25-20/h7,10-12,15H,4-6,8-9,13-14,16H2,1-3H3/b18-12+/t23-/m1/s1. The SMILES string of the molecule is CC(C)=CCC/C(C)=C/C[C@@]1(c2ccc3c(c2)OCO3)CCCCC1=O. The van der Waals surface area contributed by atoms with Crippen molar-refractivity contribution in [2.75, 3.05) is 6.79 Å². The maximum atomic E-state index is 13.0. The Kier molecular flexibility index (Phi) is 5.85. The Morgan fingerprint density at radius 2 is 1.92 bits per heavy atom. The zero-order chi connectivity index (χ0) is 18.6. The Hall–Kier alpha value is -2.03. The fraction of sp³-hybridized carbons (Fsp3) is 0.522. The molecule has 0 N–H and O–H groups in total. The maximum Gasteiger partial charge on any atom is 0.231 e. The minimum absolute atomic E-state index is 0.267. The summed E-state index contributed by atoms with van der Waals surface area (Å²) in [4.78, 5) is 13.0. The fourth-order valence-electron chi connectivity index (χ4n) is 3.96. The summed E-state index contributed by atoms with van der Waals surface area (Å²) in [5, 5.41) is 0. The minimum atomic E-state index is -0.406. The number of fused-ring (bicyclic) bond motifs is 1. The predicted octanol–water partition coefficient (Wildman–Crippen LogP) is 5.88. The highest BCUT2D eigenvalue weighted by molar-refractivity contribution is 5.91. The molecule has 0 bridgehead atoms. The molecule has 0 radical (unpaired) electrons. The second-order valence-corrected chi connectivity index (χ2v) is 7.86. The monoisotopic (exact) mass is 354 g/mol. The molecule has 2 aliphatic rings. The van der Waals surface area contributed by atoms with Gasteiger partial charge in [-0.1, -0.05) is 35.8 Å². The quantitative estimate of drug-likeness (QED) is 0.599. The molecule has 1 fully saturated rings. The van der Waals surface area contributed by atoms with Gasteiger partial charge in [0, 0.05) is 6.42 Å². The lowest BCUT2D eigenvalue weighted by Crippen LogP contribution is -2.38. The molecule has 0 saturated heterocycles. The van der Waals surface area contributed by atoms with E-state index in [1.165, 1.54) is 11.1 Å². The summed E-state index contributed by atoms with van der Waals surface area (Å²) in [6.07, 6.45) is 11.2. The summed E-state index contributed by atoms with van der Waals surface area (Å²) in [6.45, 7) is 6.71. The average molecular weight is 354 g/mol. The molecule has 3 heteroatoms. The highest BCUT2D eigenvalue weighted by Gasteiger charge is 2.41. The number of hydrogen-bond acceptors (Lipinski definition) is 3.